The van der Waals surface area contributed by atoms with Crippen molar-refractivity contribution in [3.63, 3.8) is 0 Å². The minimum absolute atomic E-state index is 1.11. The molecule has 40 heavy (non-hydrogen) atoms. The molecule has 1 aromatic heterocycles. The third kappa shape index (κ3) is 4.57. The molecular weight excluding hydrogens is 484 g/mol. The lowest BCUT2D eigenvalue weighted by Gasteiger charge is -2.26. The van der Waals surface area contributed by atoms with Gasteiger partial charge in [0.05, 0.1) is 5.52 Å². The van der Waals surface area contributed by atoms with Gasteiger partial charge in [-0.1, -0.05) is 103 Å². The van der Waals surface area contributed by atoms with E-state index in [1.165, 1.54) is 33.2 Å². The van der Waals surface area contributed by atoms with Crippen molar-refractivity contribution in [2.45, 2.75) is 0 Å². The van der Waals surface area contributed by atoms with Gasteiger partial charge in [0.25, 0.3) is 0 Å². The lowest BCUT2D eigenvalue weighted by atomic mass is 10.0. The van der Waals surface area contributed by atoms with Gasteiger partial charge in [-0.2, -0.15) is 0 Å². The number of hydrogen-bond acceptors (Lipinski definition) is 1. The first-order valence-corrected chi connectivity index (χ1v) is 13.6. The smallest absolute Gasteiger partial charge is 0.0528 e. The van der Waals surface area contributed by atoms with Crippen molar-refractivity contribution >= 4 is 28.0 Å². The Hall–Kier alpha value is -5.34. The van der Waals surface area contributed by atoms with Crippen LogP contribution in [0.1, 0.15) is 0 Å². The van der Waals surface area contributed by atoms with Gasteiger partial charge in [-0.3, -0.25) is 0 Å². The van der Waals surface area contributed by atoms with Gasteiger partial charge in [0.2, 0.25) is 0 Å². The number of para-hydroxylation sites is 1. The number of aromatic nitrogens is 1. The van der Waals surface area contributed by atoms with Gasteiger partial charge in [-0.05, 0) is 88.3 Å². The van der Waals surface area contributed by atoms with Crippen molar-refractivity contribution in [1.29, 1.82) is 0 Å². The van der Waals surface area contributed by atoms with E-state index in [1.807, 2.05) is 0 Å². The molecular formula is C38H28N2. The van der Waals surface area contributed by atoms with Crippen LogP contribution in [-0.2, 0) is 0 Å². The summed E-state index contributed by atoms with van der Waals surface area (Å²) in [5.74, 6) is 0. The van der Waals surface area contributed by atoms with Gasteiger partial charge in [0.1, 0.15) is 0 Å². The molecule has 7 aromatic rings. The van der Waals surface area contributed by atoms with Crippen molar-refractivity contribution in [1.82, 2.24) is 4.57 Å². The molecule has 7 rings (SSSR count). The summed E-state index contributed by atoms with van der Waals surface area (Å²) in [4.78, 5) is 2.32. The van der Waals surface area contributed by atoms with Crippen LogP contribution in [0.15, 0.2) is 170 Å². The highest BCUT2D eigenvalue weighted by Crippen LogP contribution is 2.37. The van der Waals surface area contributed by atoms with Crippen LogP contribution in [0.5, 0.6) is 0 Å². The van der Waals surface area contributed by atoms with Gasteiger partial charge >= 0.3 is 0 Å². The van der Waals surface area contributed by atoms with E-state index in [4.69, 9.17) is 0 Å². The van der Waals surface area contributed by atoms with Gasteiger partial charge in [0, 0.05) is 28.9 Å². The van der Waals surface area contributed by atoms with Crippen molar-refractivity contribution in [3.8, 4) is 27.9 Å². The standard InChI is InChI=1S/C38H28N2/c1-3-9-29(10-4-1)31-15-19-35(20-16-31)40(36-21-17-32(18-22-36)30-11-5-2-6-12-30)37-25-23-34(24-26-37)39-28-27-33-13-7-8-14-38(33)39/h1-28H. The van der Waals surface area contributed by atoms with E-state index in [-0.39, 0.29) is 0 Å². The molecule has 0 amide bonds. The Bertz CT molecular complexity index is 1770. The largest absolute Gasteiger partial charge is 0.317 e. The maximum absolute atomic E-state index is 2.32. The van der Waals surface area contributed by atoms with Crippen LogP contribution in [0.25, 0.3) is 38.8 Å². The minimum atomic E-state index is 1.11. The fourth-order valence-corrected chi connectivity index (χ4v) is 5.38. The number of anilines is 3. The van der Waals surface area contributed by atoms with E-state index in [9.17, 15) is 0 Å². The molecule has 0 radical (unpaired) electrons. The summed E-state index contributed by atoms with van der Waals surface area (Å²) in [5, 5.41) is 1.24. The first-order chi connectivity index (χ1) is 19.8. The molecule has 0 N–H and O–H groups in total. The van der Waals surface area contributed by atoms with Gasteiger partial charge < -0.3 is 9.47 Å². The molecule has 0 unspecified atom stereocenters. The zero-order valence-corrected chi connectivity index (χ0v) is 22.1. The summed E-state index contributed by atoms with van der Waals surface area (Å²) < 4.78 is 2.24. The Morgan fingerprint density at radius 3 is 1.30 bits per heavy atom. The Balaban J connectivity index is 1.28. The molecule has 0 spiro atoms. The summed E-state index contributed by atoms with van der Waals surface area (Å²) in [6.45, 7) is 0. The molecule has 0 atom stereocenters. The second-order valence-electron chi connectivity index (χ2n) is 9.92. The number of benzene rings is 6. The van der Waals surface area contributed by atoms with E-state index in [1.54, 1.807) is 0 Å². The van der Waals surface area contributed by atoms with Crippen molar-refractivity contribution < 1.29 is 0 Å². The predicted octanol–water partition coefficient (Wildman–Crippen LogP) is 10.4. The highest BCUT2D eigenvalue weighted by atomic mass is 15.1. The number of fused-ring (bicyclic) bond motifs is 1. The zero-order valence-electron chi connectivity index (χ0n) is 22.1. The average molecular weight is 513 g/mol. The third-order valence-electron chi connectivity index (χ3n) is 7.45. The van der Waals surface area contributed by atoms with Crippen LogP contribution in [-0.4, -0.2) is 4.57 Å². The highest BCUT2D eigenvalue weighted by Gasteiger charge is 2.14. The topological polar surface area (TPSA) is 8.17 Å². The van der Waals surface area contributed by atoms with E-state index in [0.29, 0.717) is 0 Å². The SMILES string of the molecule is c1ccc(-c2ccc(N(c3ccc(-c4ccccc4)cc3)c3ccc(-n4ccc5ccccc54)cc3)cc2)cc1. The molecule has 0 aliphatic rings. The van der Waals surface area contributed by atoms with E-state index in [2.05, 4.69) is 179 Å². The lowest BCUT2D eigenvalue weighted by Crippen LogP contribution is -2.10. The first-order valence-electron chi connectivity index (χ1n) is 13.6. The molecule has 190 valence electrons. The van der Waals surface area contributed by atoms with Crippen LogP contribution in [0.4, 0.5) is 17.1 Å². The second kappa shape index (κ2) is 10.4. The Kier molecular flexibility index (Phi) is 6.20. The summed E-state index contributed by atoms with van der Waals surface area (Å²) in [7, 11) is 0. The molecule has 0 saturated heterocycles. The summed E-state index contributed by atoms with van der Waals surface area (Å²) in [6.07, 6.45) is 2.14. The molecule has 0 aliphatic carbocycles. The molecule has 2 nitrogen and oxygen atoms in total. The maximum Gasteiger partial charge on any atom is 0.0528 e. The molecule has 0 bridgehead atoms. The quantitative estimate of drug-likeness (QED) is 0.215. The van der Waals surface area contributed by atoms with Crippen LogP contribution < -0.4 is 4.90 Å². The van der Waals surface area contributed by atoms with E-state index in [0.717, 1.165) is 22.7 Å². The van der Waals surface area contributed by atoms with E-state index >= 15 is 0 Å². The second-order valence-corrected chi connectivity index (χ2v) is 9.92. The monoisotopic (exact) mass is 512 g/mol. The minimum Gasteiger partial charge on any atom is -0.317 e. The van der Waals surface area contributed by atoms with Crippen LogP contribution in [0.2, 0.25) is 0 Å². The van der Waals surface area contributed by atoms with Gasteiger partial charge in [-0.15, -0.1) is 0 Å². The van der Waals surface area contributed by atoms with Gasteiger partial charge in [0.15, 0.2) is 0 Å². The Labute approximate surface area is 235 Å². The van der Waals surface area contributed by atoms with Crippen molar-refractivity contribution in [2.75, 3.05) is 4.90 Å². The zero-order chi connectivity index (χ0) is 26.7. The molecule has 0 aliphatic heterocycles. The molecule has 1 heterocycles. The maximum atomic E-state index is 2.32. The Morgan fingerprint density at radius 2 is 0.775 bits per heavy atom. The van der Waals surface area contributed by atoms with Crippen molar-refractivity contribution in [2.24, 2.45) is 0 Å². The molecule has 2 heteroatoms. The average Bonchev–Trinajstić information content (AvgIpc) is 3.47. The first kappa shape index (κ1) is 23.8. The normalized spacial score (nSPS) is 11.0. The highest BCUT2D eigenvalue weighted by molar-refractivity contribution is 5.83. The third-order valence-corrected chi connectivity index (χ3v) is 7.45. The fraction of sp³-hybridized carbons (Fsp3) is 0. The van der Waals surface area contributed by atoms with Crippen LogP contribution >= 0.6 is 0 Å². The lowest BCUT2D eigenvalue weighted by molar-refractivity contribution is 1.12. The number of rotatable bonds is 6. The molecule has 6 aromatic carbocycles. The summed E-state index contributed by atoms with van der Waals surface area (Å²) in [6, 6.07) is 58.2. The van der Waals surface area contributed by atoms with Gasteiger partial charge in [-0.25, -0.2) is 0 Å². The summed E-state index contributed by atoms with van der Waals surface area (Å²) in [5.41, 5.74) is 10.5. The van der Waals surface area contributed by atoms with Crippen LogP contribution in [0.3, 0.4) is 0 Å². The molecule has 0 fully saturated rings. The molecule has 0 saturated carbocycles. The van der Waals surface area contributed by atoms with Crippen LogP contribution in [0, 0.1) is 0 Å². The number of nitrogens with zero attached hydrogens (tertiary/aromatic N) is 2. The predicted molar refractivity (Wildman–Crippen MR) is 169 cm³/mol. The Morgan fingerprint density at radius 1 is 0.350 bits per heavy atom. The van der Waals surface area contributed by atoms with Crippen molar-refractivity contribution in [3.05, 3.63) is 170 Å². The number of hydrogen-bond donors (Lipinski definition) is 0. The van der Waals surface area contributed by atoms with E-state index < -0.39 is 0 Å². The fourth-order valence-electron chi connectivity index (χ4n) is 5.38. The summed E-state index contributed by atoms with van der Waals surface area (Å²) >= 11 is 0.